The molecule has 0 radical (unpaired) electrons. The first-order chi connectivity index (χ1) is 11.0. The molecular formula is C16H17N3O3S. The summed E-state index contributed by atoms with van der Waals surface area (Å²) in [5, 5.41) is 0. The first-order valence-corrected chi connectivity index (χ1v) is 8.66. The Labute approximate surface area is 134 Å². The van der Waals surface area contributed by atoms with Gasteiger partial charge in [0.15, 0.2) is 0 Å². The van der Waals surface area contributed by atoms with Crippen LogP contribution in [0.3, 0.4) is 0 Å². The smallest absolute Gasteiger partial charge is 0.262 e. The van der Waals surface area contributed by atoms with E-state index < -0.39 is 10.0 Å². The predicted molar refractivity (Wildman–Crippen MR) is 89.1 cm³/mol. The molecule has 6 nitrogen and oxygen atoms in total. The highest BCUT2D eigenvalue weighted by Gasteiger charge is 2.17. The number of ether oxygens (including phenoxy) is 1. The van der Waals surface area contributed by atoms with Gasteiger partial charge >= 0.3 is 0 Å². The molecule has 0 unspecified atom stereocenters. The number of nitrogens with zero attached hydrogens (tertiary/aromatic N) is 1. The third-order valence-corrected chi connectivity index (χ3v) is 4.56. The molecule has 0 aliphatic heterocycles. The summed E-state index contributed by atoms with van der Waals surface area (Å²) in [6.45, 7) is 3.77. The van der Waals surface area contributed by atoms with E-state index in [0.29, 0.717) is 22.5 Å². The molecule has 0 saturated carbocycles. The van der Waals surface area contributed by atoms with Crippen molar-refractivity contribution in [3.63, 3.8) is 0 Å². The molecule has 23 heavy (non-hydrogen) atoms. The lowest BCUT2D eigenvalue weighted by Crippen LogP contribution is -2.15. The second-order valence-electron chi connectivity index (χ2n) is 5.35. The highest BCUT2D eigenvalue weighted by Crippen LogP contribution is 2.28. The van der Waals surface area contributed by atoms with Gasteiger partial charge in [0.05, 0.1) is 34.0 Å². The molecule has 3 aromatic rings. The van der Waals surface area contributed by atoms with Crippen LogP contribution in [0.5, 0.6) is 5.75 Å². The van der Waals surface area contributed by atoms with Gasteiger partial charge in [-0.05, 0) is 44.2 Å². The Hall–Kier alpha value is -2.54. The van der Waals surface area contributed by atoms with Crippen molar-refractivity contribution in [3.8, 4) is 5.75 Å². The van der Waals surface area contributed by atoms with Crippen molar-refractivity contribution in [1.82, 2.24) is 9.97 Å². The van der Waals surface area contributed by atoms with Crippen molar-refractivity contribution in [2.75, 3.05) is 4.72 Å². The molecule has 0 fully saturated rings. The molecular weight excluding hydrogens is 314 g/mol. The van der Waals surface area contributed by atoms with Crippen molar-refractivity contribution < 1.29 is 13.2 Å². The molecule has 7 heteroatoms. The van der Waals surface area contributed by atoms with E-state index in [-0.39, 0.29) is 11.0 Å². The van der Waals surface area contributed by atoms with Crippen LogP contribution in [0.15, 0.2) is 53.7 Å². The Morgan fingerprint density at radius 1 is 1.17 bits per heavy atom. The molecule has 0 aliphatic rings. The first kappa shape index (κ1) is 15.4. The normalized spacial score (nSPS) is 11.8. The number of benzene rings is 2. The molecule has 2 N–H and O–H groups in total. The number of nitrogens with one attached hydrogen (secondary N) is 2. The first-order valence-electron chi connectivity index (χ1n) is 7.17. The Bertz CT molecular complexity index is 932. The number of para-hydroxylation sites is 2. The number of imidazole rings is 1. The molecule has 1 heterocycles. The summed E-state index contributed by atoms with van der Waals surface area (Å²) < 4.78 is 33.4. The van der Waals surface area contributed by atoms with Gasteiger partial charge < -0.3 is 9.72 Å². The maximum atomic E-state index is 12.6. The number of hydrogen-bond acceptors (Lipinski definition) is 4. The molecule has 3 rings (SSSR count). The topological polar surface area (TPSA) is 84.1 Å². The highest BCUT2D eigenvalue weighted by atomic mass is 32.2. The van der Waals surface area contributed by atoms with Crippen molar-refractivity contribution in [2.45, 2.75) is 24.8 Å². The molecule has 120 valence electrons. The predicted octanol–water partition coefficient (Wildman–Crippen LogP) is 3.15. The fourth-order valence-corrected chi connectivity index (χ4v) is 3.29. The van der Waals surface area contributed by atoms with Gasteiger partial charge in [-0.1, -0.05) is 12.1 Å². The number of H-pyrrole nitrogens is 1. The average Bonchev–Trinajstić information content (AvgIpc) is 2.96. The maximum Gasteiger partial charge on any atom is 0.262 e. The monoisotopic (exact) mass is 331 g/mol. The van der Waals surface area contributed by atoms with Crippen molar-refractivity contribution in [1.29, 1.82) is 0 Å². The van der Waals surface area contributed by atoms with Gasteiger partial charge in [-0.25, -0.2) is 13.4 Å². The third-order valence-electron chi connectivity index (χ3n) is 3.20. The van der Waals surface area contributed by atoms with Gasteiger partial charge in [0.25, 0.3) is 10.0 Å². The lowest BCUT2D eigenvalue weighted by molar-refractivity contribution is 0.244. The number of aromatic nitrogens is 2. The van der Waals surface area contributed by atoms with Crippen LogP contribution in [0, 0.1) is 0 Å². The minimum Gasteiger partial charge on any atom is -0.489 e. The van der Waals surface area contributed by atoms with Gasteiger partial charge in [0.1, 0.15) is 5.75 Å². The standard InChI is InChI=1S/C16H17N3O3S/c1-11(2)22-16-6-4-3-5-14(16)19-23(20,21)12-7-8-13-15(9-12)18-10-17-13/h3-11,19H,1-2H3,(H,17,18). The molecule has 0 saturated heterocycles. The average molecular weight is 331 g/mol. The maximum absolute atomic E-state index is 12.6. The second-order valence-corrected chi connectivity index (χ2v) is 7.03. The van der Waals surface area contributed by atoms with E-state index in [0.717, 1.165) is 0 Å². The van der Waals surface area contributed by atoms with Crippen LogP contribution in [0.25, 0.3) is 11.0 Å². The van der Waals surface area contributed by atoms with Crippen molar-refractivity contribution >= 4 is 26.7 Å². The van der Waals surface area contributed by atoms with Gasteiger partial charge in [0, 0.05) is 0 Å². The number of rotatable bonds is 5. The molecule has 0 amide bonds. The van der Waals surface area contributed by atoms with E-state index in [9.17, 15) is 8.42 Å². The number of sulfonamides is 1. The third kappa shape index (κ3) is 3.29. The van der Waals surface area contributed by atoms with Crippen LogP contribution >= 0.6 is 0 Å². The van der Waals surface area contributed by atoms with Crippen molar-refractivity contribution in [3.05, 3.63) is 48.8 Å². The summed E-state index contributed by atoms with van der Waals surface area (Å²) >= 11 is 0. The van der Waals surface area contributed by atoms with Crippen LogP contribution < -0.4 is 9.46 Å². The number of anilines is 1. The SMILES string of the molecule is CC(C)Oc1ccccc1NS(=O)(=O)c1ccc2nc[nH]c2c1. The number of hydrogen-bond donors (Lipinski definition) is 2. The molecule has 2 aromatic carbocycles. The lowest BCUT2D eigenvalue weighted by atomic mass is 10.3. The van der Waals surface area contributed by atoms with E-state index >= 15 is 0 Å². The van der Waals surface area contributed by atoms with E-state index in [1.165, 1.54) is 12.4 Å². The Kier molecular flexibility index (Phi) is 3.96. The molecule has 0 atom stereocenters. The fourth-order valence-electron chi connectivity index (χ4n) is 2.19. The lowest BCUT2D eigenvalue weighted by Gasteiger charge is -2.15. The zero-order valence-corrected chi connectivity index (χ0v) is 13.6. The van der Waals surface area contributed by atoms with E-state index in [4.69, 9.17) is 4.74 Å². The van der Waals surface area contributed by atoms with E-state index in [2.05, 4.69) is 14.7 Å². The van der Waals surface area contributed by atoms with Crippen LogP contribution in [0.2, 0.25) is 0 Å². The molecule has 0 aliphatic carbocycles. The zero-order valence-electron chi connectivity index (χ0n) is 12.8. The number of aromatic amines is 1. The summed E-state index contributed by atoms with van der Waals surface area (Å²) in [7, 11) is -3.72. The van der Waals surface area contributed by atoms with Crippen LogP contribution in [-0.4, -0.2) is 24.5 Å². The fraction of sp³-hybridized carbons (Fsp3) is 0.188. The zero-order chi connectivity index (χ0) is 16.4. The Morgan fingerprint density at radius 2 is 1.96 bits per heavy atom. The Balaban J connectivity index is 1.95. The van der Waals surface area contributed by atoms with Crippen LogP contribution in [0.1, 0.15) is 13.8 Å². The molecule has 1 aromatic heterocycles. The molecule has 0 spiro atoms. The molecule has 0 bridgehead atoms. The number of fused-ring (bicyclic) bond motifs is 1. The summed E-state index contributed by atoms with van der Waals surface area (Å²) in [5.74, 6) is 0.494. The van der Waals surface area contributed by atoms with Gasteiger partial charge in [-0.15, -0.1) is 0 Å². The van der Waals surface area contributed by atoms with Gasteiger partial charge in [-0.3, -0.25) is 4.72 Å². The van der Waals surface area contributed by atoms with Gasteiger partial charge in [0.2, 0.25) is 0 Å². The summed E-state index contributed by atoms with van der Waals surface area (Å²) in [4.78, 5) is 7.15. The largest absolute Gasteiger partial charge is 0.489 e. The Morgan fingerprint density at radius 3 is 2.74 bits per heavy atom. The van der Waals surface area contributed by atoms with Crippen molar-refractivity contribution in [2.24, 2.45) is 0 Å². The van der Waals surface area contributed by atoms with Gasteiger partial charge in [-0.2, -0.15) is 0 Å². The quantitative estimate of drug-likeness (QED) is 0.752. The summed E-state index contributed by atoms with van der Waals surface area (Å²) in [6.07, 6.45) is 1.47. The van der Waals surface area contributed by atoms with E-state index in [1.54, 1.807) is 36.4 Å². The second kappa shape index (κ2) is 5.92. The summed E-state index contributed by atoms with van der Waals surface area (Å²) in [5.41, 5.74) is 1.79. The summed E-state index contributed by atoms with van der Waals surface area (Å²) in [6, 6.07) is 11.7. The highest BCUT2D eigenvalue weighted by molar-refractivity contribution is 7.92. The van der Waals surface area contributed by atoms with Crippen LogP contribution in [-0.2, 0) is 10.0 Å². The van der Waals surface area contributed by atoms with E-state index in [1.807, 2.05) is 13.8 Å². The minimum absolute atomic E-state index is 0.0537. The van der Waals surface area contributed by atoms with Crippen LogP contribution in [0.4, 0.5) is 5.69 Å². The minimum atomic E-state index is -3.72.